The summed E-state index contributed by atoms with van der Waals surface area (Å²) in [6.07, 6.45) is 1.86. The van der Waals surface area contributed by atoms with E-state index in [0.29, 0.717) is 27.8 Å². The molecule has 0 atom stereocenters. The number of phenolic OH excluding ortho intramolecular Hbond substituents is 3. The van der Waals surface area contributed by atoms with Gasteiger partial charge in [0.2, 0.25) is 5.78 Å². The summed E-state index contributed by atoms with van der Waals surface area (Å²) >= 11 is 0. The van der Waals surface area contributed by atoms with E-state index in [4.69, 9.17) is 4.74 Å². The van der Waals surface area contributed by atoms with E-state index in [9.17, 15) is 24.9 Å². The number of hydrogen-bond acceptors (Lipinski definition) is 6. The van der Waals surface area contributed by atoms with Crippen LogP contribution in [0.5, 0.6) is 23.0 Å². The summed E-state index contributed by atoms with van der Waals surface area (Å²) in [6, 6.07) is 9.07. The van der Waals surface area contributed by atoms with Gasteiger partial charge in [-0.2, -0.15) is 0 Å². The van der Waals surface area contributed by atoms with Gasteiger partial charge in [0.05, 0.1) is 17.5 Å². The fourth-order valence-electron chi connectivity index (χ4n) is 3.75. The van der Waals surface area contributed by atoms with Crippen LogP contribution in [0.3, 0.4) is 0 Å². The van der Waals surface area contributed by atoms with Gasteiger partial charge in [-0.05, 0) is 37.1 Å². The third kappa shape index (κ3) is 3.08. The maximum atomic E-state index is 13.3. The van der Waals surface area contributed by atoms with E-state index in [1.807, 2.05) is 6.07 Å². The number of aryl methyl sites for hydroxylation is 1. The second-order valence-corrected chi connectivity index (χ2v) is 7.12. The Hall–Kier alpha value is -3.80. The molecule has 0 aliphatic carbocycles. The number of ketones is 2. The highest BCUT2D eigenvalue weighted by Crippen LogP contribution is 2.43. The molecule has 3 N–H and O–H groups in total. The minimum atomic E-state index is -0.570. The van der Waals surface area contributed by atoms with Crippen molar-refractivity contribution in [1.82, 2.24) is 0 Å². The molecule has 0 unspecified atom stereocenters. The zero-order valence-corrected chi connectivity index (χ0v) is 15.8. The summed E-state index contributed by atoms with van der Waals surface area (Å²) in [6.45, 7) is 3.06. The molecule has 0 saturated heterocycles. The van der Waals surface area contributed by atoms with Gasteiger partial charge in [-0.3, -0.25) is 9.59 Å². The largest absolute Gasteiger partial charge is 0.508 e. The maximum Gasteiger partial charge on any atom is 0.201 e. The lowest BCUT2D eigenvalue weighted by Gasteiger charge is -2.21. The fourth-order valence-corrected chi connectivity index (χ4v) is 3.75. The maximum absolute atomic E-state index is 13.3. The van der Waals surface area contributed by atoms with Gasteiger partial charge < -0.3 is 20.1 Å². The van der Waals surface area contributed by atoms with E-state index in [-0.39, 0.29) is 40.6 Å². The highest BCUT2D eigenvalue weighted by atomic mass is 16.5. The first-order valence-electron chi connectivity index (χ1n) is 9.00. The predicted octanol–water partition coefficient (Wildman–Crippen LogP) is 4.21. The first-order valence-corrected chi connectivity index (χ1v) is 9.00. The smallest absolute Gasteiger partial charge is 0.201 e. The summed E-state index contributed by atoms with van der Waals surface area (Å²) in [4.78, 5) is 24.7. The van der Waals surface area contributed by atoms with Gasteiger partial charge >= 0.3 is 0 Å². The third-order valence-electron chi connectivity index (χ3n) is 4.87. The Morgan fingerprint density at radius 2 is 1.72 bits per heavy atom. The summed E-state index contributed by atoms with van der Waals surface area (Å²) in [5.41, 5.74) is 1.18. The molecule has 0 spiro atoms. The standard InChI is InChI=1S/C23H18O6/c1-11-6-14(25)9-17(26)20(11)23(28)22-16-5-3-4-13-8-15(7-12(2)24)29-19(21(13)16)10-18(22)27/h3-6,8-10,25-27H,7H2,1-2H3. The van der Waals surface area contributed by atoms with E-state index in [2.05, 4.69) is 0 Å². The van der Waals surface area contributed by atoms with Gasteiger partial charge in [-0.1, -0.05) is 18.2 Å². The highest BCUT2D eigenvalue weighted by Gasteiger charge is 2.26. The molecule has 29 heavy (non-hydrogen) atoms. The Balaban J connectivity index is 1.95. The molecule has 3 aromatic rings. The third-order valence-corrected chi connectivity index (χ3v) is 4.87. The number of benzene rings is 3. The lowest BCUT2D eigenvalue weighted by molar-refractivity contribution is -0.116. The van der Waals surface area contributed by atoms with E-state index in [1.165, 1.54) is 19.1 Å². The van der Waals surface area contributed by atoms with Gasteiger partial charge in [-0.25, -0.2) is 0 Å². The van der Waals surface area contributed by atoms with Crippen molar-refractivity contribution in [2.24, 2.45) is 0 Å². The molecule has 0 amide bonds. The van der Waals surface area contributed by atoms with Gasteiger partial charge in [-0.15, -0.1) is 0 Å². The minimum absolute atomic E-state index is 0.00309. The lowest BCUT2D eigenvalue weighted by atomic mass is 9.90. The molecule has 4 rings (SSSR count). The van der Waals surface area contributed by atoms with Gasteiger partial charge in [0.15, 0.2) is 0 Å². The van der Waals surface area contributed by atoms with Crippen LogP contribution in [0, 0.1) is 6.92 Å². The number of aromatic hydroxyl groups is 3. The minimum Gasteiger partial charge on any atom is -0.508 e. The summed E-state index contributed by atoms with van der Waals surface area (Å²) in [7, 11) is 0. The second-order valence-electron chi connectivity index (χ2n) is 7.12. The molecule has 0 radical (unpaired) electrons. The summed E-state index contributed by atoms with van der Waals surface area (Å²) in [5, 5.41) is 31.6. The van der Waals surface area contributed by atoms with Gasteiger partial charge in [0.1, 0.15) is 34.5 Å². The quantitative estimate of drug-likeness (QED) is 0.577. The van der Waals surface area contributed by atoms with Crippen LogP contribution in [0.1, 0.15) is 40.4 Å². The SMILES string of the molecule is CC(=O)CC1=Cc2cccc3c(C(=O)c4c(C)cc(O)cc4O)c(O)cc(c23)O1. The molecule has 6 nitrogen and oxygen atoms in total. The number of carbonyl (C=O) groups excluding carboxylic acids is 2. The van der Waals surface area contributed by atoms with Crippen molar-refractivity contribution in [2.75, 3.05) is 0 Å². The lowest BCUT2D eigenvalue weighted by Crippen LogP contribution is -2.09. The molecule has 0 saturated carbocycles. The number of hydrogen-bond donors (Lipinski definition) is 3. The molecular weight excluding hydrogens is 372 g/mol. The van der Waals surface area contributed by atoms with Crippen LogP contribution >= 0.6 is 0 Å². The average molecular weight is 390 g/mol. The van der Waals surface area contributed by atoms with Crippen molar-refractivity contribution in [1.29, 1.82) is 0 Å². The predicted molar refractivity (Wildman–Crippen MR) is 107 cm³/mol. The average Bonchev–Trinajstić information content (AvgIpc) is 2.60. The van der Waals surface area contributed by atoms with Crippen LogP contribution in [0.25, 0.3) is 16.8 Å². The number of allylic oxidation sites excluding steroid dienone is 1. The monoisotopic (exact) mass is 390 g/mol. The fraction of sp³-hybridized carbons (Fsp3) is 0.130. The van der Waals surface area contributed by atoms with Gasteiger partial charge in [0, 0.05) is 22.9 Å². The molecule has 146 valence electrons. The van der Waals surface area contributed by atoms with Crippen LogP contribution < -0.4 is 4.74 Å². The summed E-state index contributed by atoms with van der Waals surface area (Å²) < 4.78 is 5.79. The topological polar surface area (TPSA) is 104 Å². The normalized spacial score (nSPS) is 12.4. The Bertz CT molecular complexity index is 1210. The molecule has 1 heterocycles. The molecule has 6 heteroatoms. The molecule has 0 aromatic heterocycles. The number of rotatable bonds is 4. The molecular formula is C23H18O6. The first-order chi connectivity index (χ1) is 13.8. The zero-order valence-electron chi connectivity index (χ0n) is 15.8. The van der Waals surface area contributed by atoms with Gasteiger partial charge in [0.25, 0.3) is 0 Å². The second kappa shape index (κ2) is 6.67. The molecule has 1 aliphatic rings. The first kappa shape index (κ1) is 18.6. The Labute approximate surface area is 166 Å². The molecule has 0 bridgehead atoms. The van der Waals surface area contributed by atoms with Crippen molar-refractivity contribution in [3.05, 3.63) is 64.4 Å². The Morgan fingerprint density at radius 1 is 1.00 bits per heavy atom. The number of Topliss-reactive ketones (excluding diaryl/α,β-unsaturated/α-hetero) is 1. The van der Waals surface area contributed by atoms with Crippen molar-refractivity contribution in [3.8, 4) is 23.0 Å². The number of ether oxygens (including phenoxy) is 1. The van der Waals surface area contributed by atoms with Crippen LogP contribution in [-0.4, -0.2) is 26.9 Å². The highest BCUT2D eigenvalue weighted by molar-refractivity contribution is 6.21. The van der Waals surface area contributed by atoms with E-state index in [0.717, 1.165) is 11.6 Å². The van der Waals surface area contributed by atoms with Crippen LogP contribution in [0.2, 0.25) is 0 Å². The Morgan fingerprint density at radius 3 is 2.41 bits per heavy atom. The van der Waals surface area contributed by atoms with Crippen molar-refractivity contribution in [3.63, 3.8) is 0 Å². The van der Waals surface area contributed by atoms with Crippen molar-refractivity contribution in [2.45, 2.75) is 20.3 Å². The van der Waals surface area contributed by atoms with Crippen LogP contribution in [-0.2, 0) is 4.79 Å². The number of phenols is 3. The molecule has 0 fully saturated rings. The van der Waals surface area contributed by atoms with Crippen LogP contribution in [0.4, 0.5) is 0 Å². The Kier molecular flexibility index (Phi) is 4.27. The van der Waals surface area contributed by atoms with E-state index >= 15 is 0 Å². The van der Waals surface area contributed by atoms with Crippen molar-refractivity contribution < 1.29 is 29.6 Å². The number of carbonyl (C=O) groups is 2. The zero-order chi connectivity index (χ0) is 20.9. The molecule has 3 aromatic carbocycles. The summed E-state index contributed by atoms with van der Waals surface area (Å²) in [5.74, 6) is -0.633. The molecule has 1 aliphatic heterocycles. The van der Waals surface area contributed by atoms with Crippen LogP contribution in [0.15, 0.2) is 42.2 Å². The van der Waals surface area contributed by atoms with E-state index < -0.39 is 5.78 Å². The van der Waals surface area contributed by atoms with Crippen molar-refractivity contribution >= 4 is 28.4 Å². The van der Waals surface area contributed by atoms with E-state index in [1.54, 1.807) is 25.1 Å².